The Morgan fingerprint density at radius 1 is 1.03 bits per heavy atom. The van der Waals surface area contributed by atoms with Crippen molar-refractivity contribution in [2.24, 2.45) is 0 Å². The minimum Gasteiger partial charge on any atom is -0.381 e. The molecule has 0 saturated carbocycles. The van der Waals surface area contributed by atoms with Gasteiger partial charge in [0.25, 0.3) is 0 Å². The Labute approximate surface area is 168 Å². The Bertz CT molecular complexity index is 998. The Hall–Kier alpha value is -3.19. The molecular weight excluding hydrogens is 368 g/mol. The molecule has 7 nitrogen and oxygen atoms in total. The van der Waals surface area contributed by atoms with Crippen LogP contribution in [-0.2, 0) is 11.2 Å². The zero-order valence-electron chi connectivity index (χ0n) is 16.0. The van der Waals surface area contributed by atoms with Gasteiger partial charge in [-0.15, -0.1) is 0 Å². The molecule has 29 heavy (non-hydrogen) atoms. The Balaban J connectivity index is 1.44. The van der Waals surface area contributed by atoms with E-state index in [0.29, 0.717) is 31.3 Å². The van der Waals surface area contributed by atoms with E-state index in [1.807, 2.05) is 54.6 Å². The molecule has 0 bridgehead atoms. The number of carbonyl (C=O) groups excluding carboxylic acids is 1. The largest absolute Gasteiger partial charge is 0.381 e. The van der Waals surface area contributed by atoms with Crippen molar-refractivity contribution in [3.8, 4) is 0 Å². The number of hydrogen-bond acceptors (Lipinski definition) is 5. The SMILES string of the molecule is O=C(Nc1ccccc1)N1c2ccccc2CC1c1noc(C2CCOCC2)n1. The number of amides is 2. The van der Waals surface area contributed by atoms with E-state index >= 15 is 0 Å². The first-order valence-corrected chi connectivity index (χ1v) is 9.94. The van der Waals surface area contributed by atoms with Gasteiger partial charge < -0.3 is 14.6 Å². The van der Waals surface area contributed by atoms with Crippen LogP contribution in [0.25, 0.3) is 0 Å². The van der Waals surface area contributed by atoms with Crippen molar-refractivity contribution in [3.05, 3.63) is 71.9 Å². The van der Waals surface area contributed by atoms with Gasteiger partial charge in [0.15, 0.2) is 5.82 Å². The number of benzene rings is 2. The van der Waals surface area contributed by atoms with Crippen LogP contribution in [0, 0.1) is 0 Å². The van der Waals surface area contributed by atoms with Gasteiger partial charge in [0.2, 0.25) is 5.89 Å². The van der Waals surface area contributed by atoms with Crippen molar-refractivity contribution >= 4 is 17.4 Å². The first-order chi connectivity index (χ1) is 14.3. The molecule has 2 aliphatic rings. The number of ether oxygens (including phenoxy) is 1. The molecule has 1 aromatic heterocycles. The molecule has 2 aromatic carbocycles. The van der Waals surface area contributed by atoms with Crippen LogP contribution in [0.2, 0.25) is 0 Å². The average molecular weight is 390 g/mol. The standard InChI is InChI=1S/C22H22N4O3/c27-22(23-17-7-2-1-3-8-17)26-18-9-5-4-6-16(18)14-19(26)20-24-21(29-25-20)15-10-12-28-13-11-15/h1-9,15,19H,10-14H2,(H,23,27). The summed E-state index contributed by atoms with van der Waals surface area (Å²) in [5.74, 6) is 1.41. The van der Waals surface area contributed by atoms with E-state index in [0.717, 1.165) is 29.8 Å². The molecule has 0 spiro atoms. The number of aromatic nitrogens is 2. The summed E-state index contributed by atoms with van der Waals surface area (Å²) < 4.78 is 11.0. The highest BCUT2D eigenvalue weighted by Gasteiger charge is 2.38. The number of anilines is 2. The molecule has 2 aliphatic heterocycles. The fourth-order valence-electron chi connectivity index (χ4n) is 4.04. The van der Waals surface area contributed by atoms with E-state index in [1.165, 1.54) is 0 Å². The number of fused-ring (bicyclic) bond motifs is 1. The van der Waals surface area contributed by atoms with Gasteiger partial charge >= 0.3 is 6.03 Å². The van der Waals surface area contributed by atoms with Gasteiger partial charge in [-0.1, -0.05) is 41.6 Å². The lowest BCUT2D eigenvalue weighted by molar-refractivity contribution is 0.0778. The van der Waals surface area contributed by atoms with Crippen LogP contribution in [0.4, 0.5) is 16.2 Å². The molecular formula is C22H22N4O3. The smallest absolute Gasteiger partial charge is 0.327 e. The number of carbonyl (C=O) groups is 1. The number of para-hydroxylation sites is 2. The zero-order chi connectivity index (χ0) is 19.6. The number of urea groups is 1. The molecule has 1 N–H and O–H groups in total. The fourth-order valence-corrected chi connectivity index (χ4v) is 4.04. The van der Waals surface area contributed by atoms with Gasteiger partial charge in [-0.2, -0.15) is 4.98 Å². The van der Waals surface area contributed by atoms with Crippen LogP contribution in [0.1, 0.15) is 42.1 Å². The molecule has 2 amide bonds. The zero-order valence-corrected chi connectivity index (χ0v) is 16.0. The highest BCUT2D eigenvalue weighted by molar-refractivity contribution is 6.03. The summed E-state index contributed by atoms with van der Waals surface area (Å²) in [7, 11) is 0. The third-order valence-electron chi connectivity index (χ3n) is 5.55. The van der Waals surface area contributed by atoms with E-state index in [1.54, 1.807) is 4.90 Å². The van der Waals surface area contributed by atoms with Crippen LogP contribution in [0.3, 0.4) is 0 Å². The summed E-state index contributed by atoms with van der Waals surface area (Å²) in [5.41, 5.74) is 2.72. The van der Waals surface area contributed by atoms with E-state index in [2.05, 4.69) is 15.5 Å². The highest BCUT2D eigenvalue weighted by Crippen LogP contribution is 2.40. The monoisotopic (exact) mass is 390 g/mol. The number of rotatable bonds is 3. The quantitative estimate of drug-likeness (QED) is 0.721. The molecule has 1 atom stereocenters. The fraction of sp³-hybridized carbons (Fsp3) is 0.318. The van der Waals surface area contributed by atoms with Crippen molar-refractivity contribution in [2.75, 3.05) is 23.4 Å². The van der Waals surface area contributed by atoms with Crippen molar-refractivity contribution < 1.29 is 14.1 Å². The Kier molecular flexibility index (Phi) is 4.73. The lowest BCUT2D eigenvalue weighted by atomic mass is 10.0. The van der Waals surface area contributed by atoms with Crippen molar-refractivity contribution in [1.82, 2.24) is 10.1 Å². The normalized spacial score (nSPS) is 19.2. The third-order valence-corrected chi connectivity index (χ3v) is 5.55. The maximum atomic E-state index is 13.2. The molecule has 1 fully saturated rings. The van der Waals surface area contributed by atoms with E-state index in [9.17, 15) is 4.79 Å². The van der Waals surface area contributed by atoms with Crippen LogP contribution in [0.15, 0.2) is 59.1 Å². The number of hydrogen-bond donors (Lipinski definition) is 1. The molecule has 1 saturated heterocycles. The summed E-state index contributed by atoms with van der Waals surface area (Å²) in [6.45, 7) is 1.42. The third kappa shape index (κ3) is 3.49. The topological polar surface area (TPSA) is 80.5 Å². The van der Waals surface area contributed by atoms with Crippen molar-refractivity contribution in [3.63, 3.8) is 0 Å². The molecule has 148 valence electrons. The summed E-state index contributed by atoms with van der Waals surface area (Å²) in [6.07, 6.45) is 2.42. The Morgan fingerprint density at radius 2 is 1.79 bits per heavy atom. The first-order valence-electron chi connectivity index (χ1n) is 9.94. The van der Waals surface area contributed by atoms with Gasteiger partial charge in [0.1, 0.15) is 6.04 Å². The van der Waals surface area contributed by atoms with Gasteiger partial charge in [0.05, 0.1) is 0 Å². The molecule has 7 heteroatoms. The van der Waals surface area contributed by atoms with Crippen LogP contribution in [-0.4, -0.2) is 29.4 Å². The van der Waals surface area contributed by atoms with Gasteiger partial charge in [-0.05, 0) is 36.6 Å². The summed E-state index contributed by atoms with van der Waals surface area (Å²) in [6, 6.07) is 16.9. The second-order valence-corrected chi connectivity index (χ2v) is 7.39. The summed E-state index contributed by atoms with van der Waals surface area (Å²) in [4.78, 5) is 19.6. The highest BCUT2D eigenvalue weighted by atomic mass is 16.5. The van der Waals surface area contributed by atoms with Gasteiger partial charge in [-0.3, -0.25) is 4.90 Å². The predicted molar refractivity (Wildman–Crippen MR) is 108 cm³/mol. The molecule has 3 heterocycles. The Morgan fingerprint density at radius 3 is 2.62 bits per heavy atom. The second-order valence-electron chi connectivity index (χ2n) is 7.39. The van der Waals surface area contributed by atoms with Crippen molar-refractivity contribution in [2.45, 2.75) is 31.2 Å². The number of nitrogens with zero attached hydrogens (tertiary/aromatic N) is 3. The van der Waals surface area contributed by atoms with Crippen LogP contribution >= 0.6 is 0 Å². The summed E-state index contributed by atoms with van der Waals surface area (Å²) in [5, 5.41) is 7.23. The van der Waals surface area contributed by atoms with Crippen LogP contribution in [0.5, 0.6) is 0 Å². The minimum absolute atomic E-state index is 0.205. The average Bonchev–Trinajstić information content (AvgIpc) is 3.40. The minimum atomic E-state index is -0.298. The summed E-state index contributed by atoms with van der Waals surface area (Å²) >= 11 is 0. The first kappa shape index (κ1) is 17.9. The maximum Gasteiger partial charge on any atom is 0.327 e. The van der Waals surface area contributed by atoms with E-state index in [4.69, 9.17) is 9.26 Å². The second kappa shape index (κ2) is 7.67. The van der Waals surface area contributed by atoms with Crippen molar-refractivity contribution in [1.29, 1.82) is 0 Å². The molecule has 5 rings (SSSR count). The molecule has 0 radical (unpaired) electrons. The lowest BCUT2D eigenvalue weighted by Crippen LogP contribution is -2.36. The molecule has 1 unspecified atom stereocenters. The lowest BCUT2D eigenvalue weighted by Gasteiger charge is -2.24. The molecule has 3 aromatic rings. The van der Waals surface area contributed by atoms with E-state index in [-0.39, 0.29) is 18.0 Å². The predicted octanol–water partition coefficient (Wildman–Crippen LogP) is 4.30. The van der Waals surface area contributed by atoms with Gasteiger partial charge in [0, 0.05) is 36.9 Å². The van der Waals surface area contributed by atoms with E-state index < -0.39 is 0 Å². The van der Waals surface area contributed by atoms with Crippen LogP contribution < -0.4 is 10.2 Å². The maximum absolute atomic E-state index is 13.2. The number of nitrogens with one attached hydrogen (secondary N) is 1. The molecule has 0 aliphatic carbocycles. The van der Waals surface area contributed by atoms with Gasteiger partial charge in [-0.25, -0.2) is 4.79 Å².